The number of anilines is 2. The summed E-state index contributed by atoms with van der Waals surface area (Å²) in [7, 11) is 0. The quantitative estimate of drug-likeness (QED) is 0.327. The number of nitrogens with zero attached hydrogens (tertiary/aromatic N) is 4. The Balaban J connectivity index is 1.19. The van der Waals surface area contributed by atoms with Crippen LogP contribution in [0.3, 0.4) is 0 Å². The fourth-order valence-corrected chi connectivity index (χ4v) is 4.80. The average Bonchev–Trinajstić information content (AvgIpc) is 3.24. The van der Waals surface area contributed by atoms with Crippen LogP contribution in [0.4, 0.5) is 15.6 Å². The Kier molecular flexibility index (Phi) is 5.84. The fourth-order valence-electron chi connectivity index (χ4n) is 3.16. The Morgan fingerprint density at radius 3 is 2.85 bits per heavy atom. The SMILES string of the molecule is Cc1ccn2c(=O)cc(CSc3nnc(NC(=O)Nc4ccc5c(c4)OCCO5)s3)nc2c1. The number of fused-ring (bicyclic) bond motifs is 2. The Labute approximate surface area is 196 Å². The van der Waals surface area contributed by atoms with E-state index in [4.69, 9.17) is 9.47 Å². The van der Waals surface area contributed by atoms with Crippen LogP contribution in [0.1, 0.15) is 11.3 Å². The largest absolute Gasteiger partial charge is 0.486 e. The van der Waals surface area contributed by atoms with E-state index >= 15 is 0 Å². The molecule has 4 heterocycles. The van der Waals surface area contributed by atoms with Crippen LogP contribution >= 0.6 is 23.1 Å². The van der Waals surface area contributed by atoms with E-state index in [-0.39, 0.29) is 5.56 Å². The van der Waals surface area contributed by atoms with Crippen LogP contribution in [-0.4, -0.2) is 38.8 Å². The number of aromatic nitrogens is 4. The van der Waals surface area contributed by atoms with Crippen LogP contribution in [0.5, 0.6) is 11.5 Å². The number of hydrogen-bond donors (Lipinski definition) is 2. The van der Waals surface area contributed by atoms with Crippen LogP contribution in [0.25, 0.3) is 5.65 Å². The zero-order valence-corrected chi connectivity index (χ0v) is 19.0. The number of ether oxygens (including phenoxy) is 2. The molecule has 168 valence electrons. The van der Waals surface area contributed by atoms with Gasteiger partial charge in [-0.05, 0) is 36.8 Å². The minimum Gasteiger partial charge on any atom is -0.486 e. The van der Waals surface area contributed by atoms with Crippen molar-refractivity contribution < 1.29 is 14.3 Å². The van der Waals surface area contributed by atoms with Gasteiger partial charge in [-0.1, -0.05) is 23.1 Å². The molecule has 0 radical (unpaired) electrons. The first kappa shape index (κ1) is 21.2. The standard InChI is InChI=1S/C21H18N6O4S2/c1-12-4-5-27-17(8-12)22-14(10-18(27)28)11-32-21-26-25-20(33-21)24-19(29)23-13-2-3-15-16(9-13)31-7-6-30-15/h2-5,8-10H,6-7,11H2,1H3,(H2,23,24,25,29). The van der Waals surface area contributed by atoms with Crippen LogP contribution < -0.4 is 25.7 Å². The Morgan fingerprint density at radius 2 is 1.97 bits per heavy atom. The van der Waals surface area contributed by atoms with Gasteiger partial charge in [0, 0.05) is 29.8 Å². The normalized spacial score (nSPS) is 12.5. The highest BCUT2D eigenvalue weighted by molar-refractivity contribution is 8.00. The molecule has 12 heteroatoms. The first-order chi connectivity index (χ1) is 16.0. The summed E-state index contributed by atoms with van der Waals surface area (Å²) in [5, 5.41) is 13.9. The Morgan fingerprint density at radius 1 is 1.12 bits per heavy atom. The molecule has 1 aliphatic rings. The number of urea groups is 1. The number of thioether (sulfide) groups is 1. The summed E-state index contributed by atoms with van der Waals surface area (Å²) < 4.78 is 13.2. The number of pyridine rings is 1. The second-order valence-electron chi connectivity index (χ2n) is 7.12. The summed E-state index contributed by atoms with van der Waals surface area (Å²) in [6.07, 6.45) is 1.72. The van der Waals surface area contributed by atoms with Gasteiger partial charge >= 0.3 is 6.03 Å². The molecule has 2 amide bonds. The van der Waals surface area contributed by atoms with E-state index < -0.39 is 6.03 Å². The van der Waals surface area contributed by atoms with Gasteiger partial charge < -0.3 is 14.8 Å². The summed E-state index contributed by atoms with van der Waals surface area (Å²) in [5.74, 6) is 1.69. The highest BCUT2D eigenvalue weighted by Gasteiger charge is 2.14. The molecule has 0 saturated carbocycles. The van der Waals surface area contributed by atoms with Gasteiger partial charge in [0.25, 0.3) is 5.56 Å². The van der Waals surface area contributed by atoms with E-state index in [9.17, 15) is 9.59 Å². The van der Waals surface area contributed by atoms with Gasteiger partial charge in [-0.2, -0.15) is 0 Å². The minimum atomic E-state index is -0.445. The van der Waals surface area contributed by atoms with Crippen LogP contribution in [0, 0.1) is 6.92 Å². The molecule has 0 aliphatic carbocycles. The molecule has 0 bridgehead atoms. The number of carbonyl (C=O) groups is 1. The molecular weight excluding hydrogens is 464 g/mol. The number of nitrogens with one attached hydrogen (secondary N) is 2. The molecule has 2 N–H and O–H groups in total. The molecule has 1 aliphatic heterocycles. The third-order valence-corrected chi connectivity index (χ3v) is 6.65. The first-order valence-corrected chi connectivity index (χ1v) is 11.8. The van der Waals surface area contributed by atoms with Crippen molar-refractivity contribution in [2.24, 2.45) is 0 Å². The second-order valence-corrected chi connectivity index (χ2v) is 9.32. The number of rotatable bonds is 5. The van der Waals surface area contributed by atoms with Crippen molar-refractivity contribution in [3.63, 3.8) is 0 Å². The molecule has 3 aromatic heterocycles. The molecule has 0 spiro atoms. The molecule has 10 nitrogen and oxygen atoms in total. The minimum absolute atomic E-state index is 0.133. The Bertz CT molecular complexity index is 1400. The number of aryl methyl sites for hydroxylation is 1. The van der Waals surface area contributed by atoms with Gasteiger partial charge in [0.2, 0.25) is 5.13 Å². The smallest absolute Gasteiger partial charge is 0.325 e. The molecule has 0 atom stereocenters. The van der Waals surface area contributed by atoms with Gasteiger partial charge in [0.1, 0.15) is 18.9 Å². The molecule has 4 aromatic rings. The number of amides is 2. The summed E-state index contributed by atoms with van der Waals surface area (Å²) >= 11 is 2.63. The van der Waals surface area contributed by atoms with Gasteiger partial charge in [-0.25, -0.2) is 9.78 Å². The van der Waals surface area contributed by atoms with Crippen molar-refractivity contribution in [1.29, 1.82) is 0 Å². The summed E-state index contributed by atoms with van der Waals surface area (Å²) in [6.45, 7) is 2.93. The van der Waals surface area contributed by atoms with Crippen molar-refractivity contribution in [3.8, 4) is 11.5 Å². The maximum atomic E-state index is 12.3. The van der Waals surface area contributed by atoms with E-state index in [0.717, 1.165) is 5.56 Å². The third kappa shape index (κ3) is 4.91. The molecule has 33 heavy (non-hydrogen) atoms. The fraction of sp³-hybridized carbons (Fsp3) is 0.190. The highest BCUT2D eigenvalue weighted by Crippen LogP contribution is 2.33. The van der Waals surface area contributed by atoms with Crippen LogP contribution in [0.2, 0.25) is 0 Å². The molecule has 0 saturated heterocycles. The van der Waals surface area contributed by atoms with Gasteiger partial charge in [-0.3, -0.25) is 14.5 Å². The summed E-state index contributed by atoms with van der Waals surface area (Å²) in [5.41, 5.74) is 2.72. The van der Waals surface area contributed by atoms with Crippen LogP contribution in [-0.2, 0) is 5.75 Å². The van der Waals surface area contributed by atoms with Crippen molar-refractivity contribution in [2.75, 3.05) is 23.8 Å². The van der Waals surface area contributed by atoms with E-state index in [1.807, 2.05) is 19.1 Å². The van der Waals surface area contributed by atoms with Crippen molar-refractivity contribution in [1.82, 2.24) is 19.6 Å². The lowest BCUT2D eigenvalue weighted by Gasteiger charge is -2.18. The maximum absolute atomic E-state index is 12.3. The van der Waals surface area contributed by atoms with Crippen LogP contribution in [0.15, 0.2) is 51.7 Å². The molecule has 1 aromatic carbocycles. The summed E-state index contributed by atoms with van der Waals surface area (Å²) in [6, 6.07) is 9.98. The molecule has 5 rings (SSSR count). The van der Waals surface area contributed by atoms with Gasteiger partial charge in [-0.15, -0.1) is 10.2 Å². The van der Waals surface area contributed by atoms with E-state index in [1.165, 1.54) is 33.6 Å². The monoisotopic (exact) mass is 482 g/mol. The van der Waals surface area contributed by atoms with Gasteiger partial charge in [0.15, 0.2) is 15.8 Å². The number of carbonyl (C=O) groups excluding carboxylic acids is 1. The predicted molar refractivity (Wildman–Crippen MR) is 126 cm³/mol. The Hall–Kier alpha value is -3.64. The van der Waals surface area contributed by atoms with Gasteiger partial charge in [0.05, 0.1) is 5.69 Å². The lowest BCUT2D eigenvalue weighted by Crippen LogP contribution is -2.20. The topological polar surface area (TPSA) is 120 Å². The second kappa shape index (κ2) is 9.08. The zero-order valence-electron chi connectivity index (χ0n) is 17.4. The number of benzene rings is 1. The summed E-state index contributed by atoms with van der Waals surface area (Å²) in [4.78, 5) is 29.2. The molecule has 0 unspecified atom stereocenters. The third-order valence-electron chi connectivity index (χ3n) is 4.65. The molecule has 0 fully saturated rings. The zero-order chi connectivity index (χ0) is 22.8. The van der Waals surface area contributed by atoms with E-state index in [2.05, 4.69) is 25.8 Å². The average molecular weight is 483 g/mol. The maximum Gasteiger partial charge on any atom is 0.325 e. The van der Waals surface area contributed by atoms with Crippen molar-refractivity contribution in [3.05, 3.63) is 64.2 Å². The van der Waals surface area contributed by atoms with E-state index in [0.29, 0.717) is 57.0 Å². The van der Waals surface area contributed by atoms with Crippen molar-refractivity contribution >= 4 is 45.6 Å². The lowest BCUT2D eigenvalue weighted by atomic mass is 10.2. The lowest BCUT2D eigenvalue weighted by molar-refractivity contribution is 0.171. The highest BCUT2D eigenvalue weighted by atomic mass is 32.2. The molecular formula is C21H18N6O4S2. The van der Waals surface area contributed by atoms with E-state index in [1.54, 1.807) is 24.4 Å². The van der Waals surface area contributed by atoms with Crippen molar-refractivity contribution in [2.45, 2.75) is 17.0 Å². The predicted octanol–water partition coefficient (Wildman–Crippen LogP) is 3.56. The first-order valence-electron chi connectivity index (χ1n) is 9.96. The number of hydrogen-bond acceptors (Lipinski definition) is 9.